The van der Waals surface area contributed by atoms with E-state index in [0.29, 0.717) is 11.3 Å². The molecule has 0 heterocycles. The fourth-order valence-corrected chi connectivity index (χ4v) is 2.88. The number of ether oxygens (including phenoxy) is 2. The van der Waals surface area contributed by atoms with Crippen molar-refractivity contribution in [2.24, 2.45) is 0 Å². The molecule has 0 unspecified atom stereocenters. The molecule has 0 fully saturated rings. The van der Waals surface area contributed by atoms with Crippen LogP contribution in [0.1, 0.15) is 32.6 Å². The maximum atomic E-state index is 12.7. The Labute approximate surface area is 138 Å². The third-order valence-electron chi connectivity index (χ3n) is 4.46. The normalized spacial score (nSPS) is 10.5. The minimum Gasteiger partial charge on any atom is -0.492 e. The Morgan fingerprint density at radius 2 is 1.52 bits per heavy atom. The molecule has 2 aliphatic carbocycles. The minimum atomic E-state index is 0.0547. The van der Waals surface area contributed by atoms with Crippen molar-refractivity contribution in [3.63, 3.8) is 0 Å². The number of fused-ring (bicyclic) bond motifs is 1. The molecule has 0 aromatic heterocycles. The zero-order chi connectivity index (χ0) is 17.3. The summed E-state index contributed by atoms with van der Waals surface area (Å²) in [4.78, 5) is 12.7. The van der Waals surface area contributed by atoms with Crippen LogP contribution in [0.2, 0.25) is 0 Å². The Balaban J connectivity index is 0.000000924. The van der Waals surface area contributed by atoms with E-state index in [1.807, 2.05) is 32.0 Å². The van der Waals surface area contributed by atoms with E-state index in [1.165, 1.54) is 11.1 Å². The van der Waals surface area contributed by atoms with Gasteiger partial charge in [-0.25, -0.2) is 0 Å². The fraction of sp³-hybridized carbons (Fsp3) is 0.278. The highest BCUT2D eigenvalue weighted by atomic mass is 31.0. The van der Waals surface area contributed by atoms with Gasteiger partial charge in [0.05, 0.1) is 14.2 Å². The number of aryl methyl sites for hydroxylation is 1. The van der Waals surface area contributed by atoms with Crippen LogP contribution in [0.3, 0.4) is 0 Å². The highest BCUT2D eigenvalue weighted by molar-refractivity contribution is 7.00. The summed E-state index contributed by atoms with van der Waals surface area (Å²) in [7, 11) is 4.93. The molecule has 1 aromatic rings. The van der Waals surface area contributed by atoms with Crippen molar-refractivity contribution in [2.45, 2.75) is 20.8 Å². The zero-order valence-corrected chi connectivity index (χ0v) is 14.9. The van der Waals surface area contributed by atoms with E-state index in [2.05, 4.69) is 6.92 Å². The third-order valence-corrected chi connectivity index (χ3v) is 4.46. The monoisotopic (exact) mass is 330 g/mol. The fourth-order valence-electron chi connectivity index (χ4n) is 2.88. The van der Waals surface area contributed by atoms with Gasteiger partial charge < -0.3 is 9.47 Å². The molecular weight excluding hydrogens is 311 g/mol. The van der Waals surface area contributed by atoms with E-state index in [0.717, 1.165) is 28.0 Å². The van der Waals surface area contributed by atoms with Gasteiger partial charge in [0.1, 0.15) is 9.12 Å². The van der Waals surface area contributed by atoms with Crippen molar-refractivity contribution in [2.75, 3.05) is 14.2 Å². The highest BCUT2D eigenvalue weighted by Crippen LogP contribution is 2.58. The standard InChI is InChI=1S/C18H18O3.HOP/c1-9-6-7-12(11(3)10(9)2)16(19)13-8-14-15(13)18(21-5)17(14)20-4;1-2/h6-8H,1-5H3;2H. The third kappa shape index (κ3) is 2.43. The Morgan fingerprint density at radius 3 is 2.09 bits per heavy atom. The molecular formula is C18H19O4P. The summed E-state index contributed by atoms with van der Waals surface area (Å²) < 4.78 is 18.6. The van der Waals surface area contributed by atoms with Crippen LogP contribution in [-0.4, -0.2) is 20.0 Å². The summed E-state index contributed by atoms with van der Waals surface area (Å²) in [6.07, 6.45) is 0. The summed E-state index contributed by atoms with van der Waals surface area (Å²) >= 11 is 0. The van der Waals surface area contributed by atoms with Gasteiger partial charge in [0.2, 0.25) is 0 Å². The van der Waals surface area contributed by atoms with E-state index in [-0.39, 0.29) is 5.78 Å². The SMILES string of the molecule is COc1c2cc(C(=O)c3ccc(C)c(C)c3C)c-2c1OC.O=P. The van der Waals surface area contributed by atoms with Crippen LogP contribution in [0.5, 0.6) is 11.5 Å². The molecule has 5 heteroatoms. The first-order valence-electron chi connectivity index (χ1n) is 7.12. The van der Waals surface area contributed by atoms with Gasteiger partial charge in [-0.3, -0.25) is 9.36 Å². The molecule has 23 heavy (non-hydrogen) atoms. The lowest BCUT2D eigenvalue weighted by Gasteiger charge is -2.29. The summed E-state index contributed by atoms with van der Waals surface area (Å²) in [5, 5.41) is 0. The van der Waals surface area contributed by atoms with Gasteiger partial charge in [0.15, 0.2) is 17.3 Å². The quantitative estimate of drug-likeness (QED) is 0.528. The maximum absolute atomic E-state index is 12.7. The van der Waals surface area contributed by atoms with Crippen molar-refractivity contribution in [1.29, 1.82) is 0 Å². The minimum absolute atomic E-state index is 0.0547. The second-order valence-corrected chi connectivity index (χ2v) is 5.42. The van der Waals surface area contributed by atoms with E-state index < -0.39 is 0 Å². The maximum Gasteiger partial charge on any atom is 0.194 e. The number of carbonyl (C=O) groups is 1. The number of hydrogen-bond donors (Lipinski definition) is 0. The van der Waals surface area contributed by atoms with Gasteiger partial charge in [0.25, 0.3) is 0 Å². The summed E-state index contributed by atoms with van der Waals surface area (Å²) in [6.45, 7) is 6.11. The average molecular weight is 330 g/mol. The van der Waals surface area contributed by atoms with Crippen LogP contribution in [0.25, 0.3) is 11.1 Å². The lowest BCUT2D eigenvalue weighted by atomic mass is 9.79. The predicted molar refractivity (Wildman–Crippen MR) is 91.6 cm³/mol. The van der Waals surface area contributed by atoms with Crippen molar-refractivity contribution >= 4 is 14.9 Å². The average Bonchev–Trinajstić information content (AvgIpc) is 2.55. The van der Waals surface area contributed by atoms with Gasteiger partial charge in [-0.2, -0.15) is 0 Å². The molecule has 1 aromatic carbocycles. The molecule has 0 N–H and O–H groups in total. The van der Waals surface area contributed by atoms with Gasteiger partial charge in [-0.05, 0) is 43.5 Å². The van der Waals surface area contributed by atoms with Gasteiger partial charge in [-0.1, -0.05) is 12.1 Å². The lowest BCUT2D eigenvalue weighted by Crippen LogP contribution is -2.15. The summed E-state index contributed by atoms with van der Waals surface area (Å²) in [6, 6.07) is 5.79. The zero-order valence-electron chi connectivity index (χ0n) is 13.9. The van der Waals surface area contributed by atoms with Crippen molar-refractivity contribution < 1.29 is 18.8 Å². The van der Waals surface area contributed by atoms with Crippen LogP contribution < -0.4 is 9.47 Å². The molecule has 3 rings (SSSR count). The Kier molecular flexibility index (Phi) is 4.86. The number of ketones is 1. The molecule has 0 amide bonds. The van der Waals surface area contributed by atoms with E-state index in [4.69, 9.17) is 14.0 Å². The number of rotatable bonds is 4. The number of carbonyl (C=O) groups excluding carboxylic acids is 1. The topological polar surface area (TPSA) is 52.6 Å². The molecule has 0 bridgehead atoms. The van der Waals surface area contributed by atoms with Crippen LogP contribution in [0, 0.1) is 20.8 Å². The molecule has 0 spiro atoms. The smallest absolute Gasteiger partial charge is 0.194 e. The molecule has 4 nitrogen and oxygen atoms in total. The van der Waals surface area contributed by atoms with Crippen LogP contribution in [-0.2, 0) is 4.57 Å². The lowest BCUT2D eigenvalue weighted by molar-refractivity contribution is 0.103. The van der Waals surface area contributed by atoms with Crippen molar-refractivity contribution in [3.05, 3.63) is 46.0 Å². The molecule has 0 radical (unpaired) electrons. The van der Waals surface area contributed by atoms with E-state index in [9.17, 15) is 4.79 Å². The summed E-state index contributed by atoms with van der Waals surface area (Å²) in [5.74, 6) is 1.47. The Morgan fingerprint density at radius 1 is 0.913 bits per heavy atom. The van der Waals surface area contributed by atoms with Crippen LogP contribution in [0.4, 0.5) is 0 Å². The molecule has 120 valence electrons. The molecule has 0 saturated heterocycles. The van der Waals surface area contributed by atoms with Crippen LogP contribution in [0.15, 0.2) is 18.2 Å². The molecule has 0 saturated carbocycles. The summed E-state index contributed by atoms with van der Waals surface area (Å²) in [5.41, 5.74) is 6.78. The first-order valence-corrected chi connectivity index (χ1v) is 7.53. The second-order valence-electron chi connectivity index (χ2n) is 5.42. The first kappa shape index (κ1) is 17.2. The predicted octanol–water partition coefficient (Wildman–Crippen LogP) is 4.32. The highest BCUT2D eigenvalue weighted by Gasteiger charge is 2.36. The Hall–Kier alpha value is -2.19. The van der Waals surface area contributed by atoms with Gasteiger partial charge in [0, 0.05) is 22.3 Å². The van der Waals surface area contributed by atoms with E-state index >= 15 is 0 Å². The molecule has 0 atom stereocenters. The number of benzene rings is 2. The molecule has 0 aliphatic heterocycles. The largest absolute Gasteiger partial charge is 0.492 e. The second kappa shape index (κ2) is 6.51. The number of methoxy groups -OCH3 is 2. The molecule has 2 aliphatic rings. The van der Waals surface area contributed by atoms with Gasteiger partial charge >= 0.3 is 0 Å². The number of hydrogen-bond acceptors (Lipinski definition) is 4. The van der Waals surface area contributed by atoms with Crippen LogP contribution >= 0.6 is 9.12 Å². The van der Waals surface area contributed by atoms with Crippen molar-refractivity contribution in [1.82, 2.24) is 0 Å². The van der Waals surface area contributed by atoms with E-state index in [1.54, 1.807) is 23.3 Å². The Bertz CT molecular complexity index is 796. The van der Waals surface area contributed by atoms with Gasteiger partial charge in [-0.15, -0.1) is 0 Å². The van der Waals surface area contributed by atoms with Crippen molar-refractivity contribution in [3.8, 4) is 22.6 Å². The first-order chi connectivity index (χ1) is 11.0.